The highest BCUT2D eigenvalue weighted by atomic mass is 16.5. The minimum absolute atomic E-state index is 0.00557. The molecule has 10 rings (SSSR count). The first-order chi connectivity index (χ1) is 26.9. The second-order valence-corrected chi connectivity index (χ2v) is 17.8. The summed E-state index contributed by atoms with van der Waals surface area (Å²) in [4.78, 5) is 38.9. The fourth-order valence-corrected chi connectivity index (χ4v) is 11.8. The molecule has 56 heavy (non-hydrogen) atoms. The van der Waals surface area contributed by atoms with E-state index in [1.54, 1.807) is 18.2 Å². The molecule has 6 nitrogen and oxygen atoms in total. The summed E-state index contributed by atoms with van der Waals surface area (Å²) in [6, 6.07) is 32.0. The highest BCUT2D eigenvalue weighted by Gasteiger charge is 2.57. The molecular weight excluding hydrogens is 697 g/mol. The Bertz CT molecular complexity index is 2350. The van der Waals surface area contributed by atoms with E-state index in [0.29, 0.717) is 40.6 Å². The monoisotopic (exact) mass is 746 g/mol. The van der Waals surface area contributed by atoms with Gasteiger partial charge in [0.25, 0.3) is 0 Å². The first-order valence-corrected chi connectivity index (χ1v) is 20.3. The number of rotatable bonds is 2. The zero-order valence-corrected chi connectivity index (χ0v) is 32.8. The van der Waals surface area contributed by atoms with Crippen LogP contribution in [-0.2, 0) is 28.5 Å². The molecular formula is C50H50O6. The Morgan fingerprint density at radius 1 is 0.571 bits per heavy atom. The van der Waals surface area contributed by atoms with Gasteiger partial charge in [-0.05, 0) is 133 Å². The number of carbonyl (C=O) groups is 3. The van der Waals surface area contributed by atoms with Crippen LogP contribution in [0.4, 0.5) is 0 Å². The predicted octanol–water partition coefficient (Wildman–Crippen LogP) is 9.86. The van der Waals surface area contributed by atoms with Gasteiger partial charge in [0.1, 0.15) is 17.3 Å². The smallest absolute Gasteiger partial charge is 0.231 e. The molecule has 0 amide bonds. The lowest BCUT2D eigenvalue weighted by molar-refractivity contribution is -0.134. The van der Waals surface area contributed by atoms with Gasteiger partial charge in [0.15, 0.2) is 11.5 Å². The van der Waals surface area contributed by atoms with Crippen LogP contribution in [0.15, 0.2) is 121 Å². The fraction of sp³-hybridized carbons (Fsp3) is 0.380. The van der Waals surface area contributed by atoms with Crippen LogP contribution in [0.3, 0.4) is 0 Å². The maximum absolute atomic E-state index is 13.2. The Labute approximate surface area is 329 Å². The number of carbonyl (C=O) groups excluding carboxylic acids is 3. The van der Waals surface area contributed by atoms with Crippen molar-refractivity contribution >= 4 is 17.3 Å². The van der Waals surface area contributed by atoms with E-state index in [9.17, 15) is 19.5 Å². The van der Waals surface area contributed by atoms with E-state index in [1.807, 2.05) is 49.4 Å². The lowest BCUT2D eigenvalue weighted by Gasteiger charge is -2.56. The summed E-state index contributed by atoms with van der Waals surface area (Å²) in [5.74, 6) is 2.31. The van der Waals surface area contributed by atoms with Gasteiger partial charge in [0.2, 0.25) is 11.6 Å². The molecule has 2 saturated carbocycles. The van der Waals surface area contributed by atoms with Gasteiger partial charge in [-0.15, -0.1) is 0 Å². The third-order valence-electron chi connectivity index (χ3n) is 14.8. The van der Waals surface area contributed by atoms with Crippen molar-refractivity contribution in [2.24, 2.45) is 22.7 Å². The van der Waals surface area contributed by atoms with Crippen molar-refractivity contribution in [3.05, 3.63) is 154 Å². The number of aliphatic hydroxyl groups excluding tert-OH is 1. The molecule has 0 saturated heterocycles. The van der Waals surface area contributed by atoms with Crippen LogP contribution in [0.1, 0.15) is 109 Å². The number of aryl methyl sites for hydroxylation is 2. The van der Waals surface area contributed by atoms with Gasteiger partial charge >= 0.3 is 0 Å². The minimum Gasteiger partial charge on any atom is -0.453 e. The molecule has 2 aliphatic heterocycles. The number of hydrogen-bond donors (Lipinski definition) is 1. The van der Waals surface area contributed by atoms with Gasteiger partial charge in [-0.1, -0.05) is 93.6 Å². The van der Waals surface area contributed by atoms with Crippen molar-refractivity contribution in [1.29, 1.82) is 0 Å². The van der Waals surface area contributed by atoms with Crippen LogP contribution in [-0.4, -0.2) is 28.6 Å². The van der Waals surface area contributed by atoms with Crippen LogP contribution < -0.4 is 9.47 Å². The van der Waals surface area contributed by atoms with E-state index in [0.717, 1.165) is 44.9 Å². The molecule has 2 heterocycles. The summed E-state index contributed by atoms with van der Waals surface area (Å²) in [5.41, 5.74) is 5.50. The highest BCUT2D eigenvalue weighted by molar-refractivity contribution is 6.13. The second kappa shape index (κ2) is 13.3. The second-order valence-electron chi connectivity index (χ2n) is 17.8. The first kappa shape index (κ1) is 36.6. The quantitative estimate of drug-likeness (QED) is 0.206. The van der Waals surface area contributed by atoms with Crippen molar-refractivity contribution in [2.45, 2.75) is 96.0 Å². The summed E-state index contributed by atoms with van der Waals surface area (Å²) >= 11 is 0. The number of hydrogen-bond acceptors (Lipinski definition) is 6. The summed E-state index contributed by atoms with van der Waals surface area (Å²) in [5, 5.41) is 11.1. The predicted molar refractivity (Wildman–Crippen MR) is 216 cm³/mol. The lowest BCUT2D eigenvalue weighted by atomic mass is 9.49. The Kier molecular flexibility index (Phi) is 8.66. The average Bonchev–Trinajstić information content (AvgIpc) is 3.69. The molecule has 6 heteroatoms. The van der Waals surface area contributed by atoms with Gasteiger partial charge in [-0.3, -0.25) is 14.4 Å². The largest absolute Gasteiger partial charge is 0.453 e. The maximum atomic E-state index is 13.2. The molecule has 0 unspecified atom stereocenters. The number of Topliss-reactive ketones (excluding diaryl/α,β-unsaturated/α-hetero) is 3. The number of benzene rings is 4. The SMILES string of the molecule is C[C@]1(/C=C2\Oc3ccccc3C2=O)C(=O)CC[C@]2(C)c3ccccc3CC[C@@H]12.C[C@]1(/C=C2\Oc3ccccc3C2=O)[C@@H](O)CC[C@]2(C)c3ccccc3CC[C@@H]12. The van der Waals surface area contributed by atoms with E-state index in [1.165, 1.54) is 22.3 Å². The van der Waals surface area contributed by atoms with Crippen molar-refractivity contribution in [1.82, 2.24) is 0 Å². The molecule has 1 N–H and O–H groups in total. The molecule has 4 aromatic rings. The first-order valence-electron chi connectivity index (χ1n) is 20.3. The third-order valence-corrected chi connectivity index (χ3v) is 14.8. The number of allylic oxidation sites excluding steroid dienone is 3. The minimum atomic E-state index is -0.701. The molecule has 7 atom stereocenters. The van der Waals surface area contributed by atoms with Crippen molar-refractivity contribution in [2.75, 3.05) is 0 Å². The van der Waals surface area contributed by atoms with E-state index < -0.39 is 16.9 Å². The van der Waals surface area contributed by atoms with Crippen molar-refractivity contribution in [3.8, 4) is 11.5 Å². The van der Waals surface area contributed by atoms with Crippen LogP contribution in [0.5, 0.6) is 11.5 Å². The van der Waals surface area contributed by atoms with Crippen LogP contribution >= 0.6 is 0 Å². The summed E-state index contributed by atoms with van der Waals surface area (Å²) in [7, 11) is 0. The van der Waals surface area contributed by atoms with E-state index in [-0.39, 0.29) is 40.0 Å². The van der Waals surface area contributed by atoms with Crippen LogP contribution in [0, 0.1) is 22.7 Å². The Morgan fingerprint density at radius 3 is 1.62 bits per heavy atom. The van der Waals surface area contributed by atoms with Crippen LogP contribution in [0.25, 0.3) is 0 Å². The maximum Gasteiger partial charge on any atom is 0.231 e. The zero-order chi connectivity index (χ0) is 39.0. The van der Waals surface area contributed by atoms with Gasteiger partial charge in [0, 0.05) is 11.8 Å². The summed E-state index contributed by atoms with van der Waals surface area (Å²) in [6.07, 6.45) is 10.3. The average molecular weight is 747 g/mol. The normalized spacial score (nSPS) is 33.8. The Morgan fingerprint density at radius 2 is 1.05 bits per heavy atom. The van der Waals surface area contributed by atoms with Gasteiger partial charge < -0.3 is 14.6 Å². The number of para-hydroxylation sites is 2. The number of fused-ring (bicyclic) bond motifs is 8. The molecule has 2 fully saturated rings. The van der Waals surface area contributed by atoms with Crippen molar-refractivity contribution in [3.63, 3.8) is 0 Å². The van der Waals surface area contributed by atoms with Gasteiger partial charge in [0.05, 0.1) is 22.6 Å². The molecule has 286 valence electrons. The number of ketones is 3. The highest BCUT2D eigenvalue weighted by Crippen LogP contribution is 2.59. The Hall–Kier alpha value is -5.07. The third kappa shape index (κ3) is 5.50. The number of ether oxygens (including phenoxy) is 2. The van der Waals surface area contributed by atoms with Gasteiger partial charge in [-0.2, -0.15) is 0 Å². The fourth-order valence-electron chi connectivity index (χ4n) is 11.8. The van der Waals surface area contributed by atoms with E-state index in [2.05, 4.69) is 69.3 Å². The van der Waals surface area contributed by atoms with Crippen molar-refractivity contribution < 1.29 is 29.0 Å². The molecule has 0 radical (unpaired) electrons. The molecule has 0 aromatic heterocycles. The molecule has 4 aromatic carbocycles. The van der Waals surface area contributed by atoms with E-state index in [4.69, 9.17) is 9.47 Å². The molecule has 0 spiro atoms. The lowest BCUT2D eigenvalue weighted by Crippen LogP contribution is -2.54. The zero-order valence-electron chi connectivity index (χ0n) is 32.8. The Balaban J connectivity index is 0.000000146. The summed E-state index contributed by atoms with van der Waals surface area (Å²) in [6.45, 7) is 8.76. The number of aliphatic hydroxyl groups is 1. The summed E-state index contributed by atoms with van der Waals surface area (Å²) < 4.78 is 11.8. The molecule has 6 aliphatic rings. The van der Waals surface area contributed by atoms with Gasteiger partial charge in [-0.25, -0.2) is 0 Å². The van der Waals surface area contributed by atoms with Crippen LogP contribution in [0.2, 0.25) is 0 Å². The standard InChI is InChI=1S/C25H26O3.C25H24O3/c2*1-24-14-13-22(26)25(2,21(24)12-11-16-7-3-5-9-18(16)24)15-20-23(27)17-8-4-6-10-19(17)28-20/h3-10,15,21-22,26H,11-14H2,1-2H3;3-10,15,21H,11-14H2,1-2H3/b2*20-15-/t21-,22+,24-,25-;21-,24-,25-/m11/s1. The van der Waals surface area contributed by atoms with E-state index >= 15 is 0 Å². The molecule has 4 aliphatic carbocycles. The molecule has 0 bridgehead atoms. The topological polar surface area (TPSA) is 89.9 Å².